The Morgan fingerprint density at radius 1 is 1.25 bits per heavy atom. The van der Waals surface area contributed by atoms with Crippen molar-refractivity contribution in [3.63, 3.8) is 0 Å². The van der Waals surface area contributed by atoms with Gasteiger partial charge in [-0.2, -0.15) is 11.8 Å². The summed E-state index contributed by atoms with van der Waals surface area (Å²) in [6, 6.07) is 8.41. The zero-order chi connectivity index (χ0) is 14.2. The van der Waals surface area contributed by atoms with E-state index in [0.717, 1.165) is 10.2 Å². The molecular weight excluding hydrogens is 350 g/mol. The van der Waals surface area contributed by atoms with Gasteiger partial charge in [0.05, 0.1) is 10.7 Å². The largest absolute Gasteiger partial charge is 0.241 e. The van der Waals surface area contributed by atoms with E-state index in [4.69, 9.17) is 4.98 Å². The molecule has 0 saturated carbocycles. The van der Waals surface area contributed by atoms with Gasteiger partial charge in [0.15, 0.2) is 0 Å². The lowest BCUT2D eigenvalue weighted by molar-refractivity contribution is 0.504. The Hall–Kier alpha value is -0.320. The molecule has 3 rings (SSSR count). The lowest BCUT2D eigenvalue weighted by Crippen LogP contribution is -2.24. The highest BCUT2D eigenvalue weighted by Gasteiger charge is 2.31. The second-order valence-corrected chi connectivity index (χ2v) is 9.48. The van der Waals surface area contributed by atoms with E-state index in [1.807, 2.05) is 11.3 Å². The second kappa shape index (κ2) is 5.82. The summed E-state index contributed by atoms with van der Waals surface area (Å²) in [5.74, 6) is 1.89. The van der Waals surface area contributed by atoms with Gasteiger partial charge in [0, 0.05) is 26.1 Å². The Kier molecular flexibility index (Phi) is 4.25. The molecule has 106 valence electrons. The summed E-state index contributed by atoms with van der Waals surface area (Å²) in [6.07, 6.45) is 2.51. The average Bonchev–Trinajstić information content (AvgIpc) is 2.88. The van der Waals surface area contributed by atoms with E-state index in [-0.39, 0.29) is 0 Å². The van der Waals surface area contributed by atoms with Crippen molar-refractivity contribution in [2.24, 2.45) is 0 Å². The minimum atomic E-state index is 0.395. The molecule has 4 heteroatoms. The van der Waals surface area contributed by atoms with Crippen molar-refractivity contribution < 1.29 is 0 Å². The molecule has 1 aromatic carbocycles. The van der Waals surface area contributed by atoms with Crippen LogP contribution in [0.2, 0.25) is 0 Å². The van der Waals surface area contributed by atoms with Crippen LogP contribution >= 0.6 is 39.0 Å². The highest BCUT2D eigenvalue weighted by atomic mass is 79.9. The number of hydrogen-bond donors (Lipinski definition) is 0. The summed E-state index contributed by atoms with van der Waals surface area (Å²) in [5, 5.41) is 3.52. The van der Waals surface area contributed by atoms with Crippen molar-refractivity contribution in [3.8, 4) is 11.3 Å². The molecule has 1 nitrogen and oxygen atoms in total. The number of aromatic nitrogens is 1. The Morgan fingerprint density at radius 3 is 2.70 bits per heavy atom. The van der Waals surface area contributed by atoms with E-state index in [0.29, 0.717) is 10.7 Å². The van der Waals surface area contributed by atoms with E-state index in [2.05, 4.69) is 71.2 Å². The molecule has 20 heavy (non-hydrogen) atoms. The number of thiazole rings is 1. The minimum absolute atomic E-state index is 0.395. The van der Waals surface area contributed by atoms with Gasteiger partial charge in [0.1, 0.15) is 0 Å². The quantitative estimate of drug-likeness (QED) is 0.648. The fourth-order valence-electron chi connectivity index (χ4n) is 2.67. The van der Waals surface area contributed by atoms with Gasteiger partial charge in [-0.3, -0.25) is 0 Å². The van der Waals surface area contributed by atoms with Crippen LogP contribution in [0.3, 0.4) is 0 Å². The highest BCUT2D eigenvalue weighted by molar-refractivity contribution is 9.10. The standard InChI is InChI=1S/C16H18BrNS2/c1-16(2)9-12(7-8-20-16)15-18-14(10-19-15)11-3-5-13(17)6-4-11/h3-6,10,12H,7-9H2,1-2H3/t12-/m1/s1. The van der Waals surface area contributed by atoms with Crippen LogP contribution in [-0.2, 0) is 0 Å². The van der Waals surface area contributed by atoms with Crippen molar-refractivity contribution in [2.75, 3.05) is 5.75 Å². The molecule has 0 amide bonds. The van der Waals surface area contributed by atoms with Gasteiger partial charge in [-0.15, -0.1) is 11.3 Å². The van der Waals surface area contributed by atoms with Crippen LogP contribution in [0.5, 0.6) is 0 Å². The smallest absolute Gasteiger partial charge is 0.0964 e. The summed E-state index contributed by atoms with van der Waals surface area (Å²) in [6.45, 7) is 4.71. The van der Waals surface area contributed by atoms with Crippen molar-refractivity contribution in [2.45, 2.75) is 37.4 Å². The molecule has 1 fully saturated rings. The van der Waals surface area contributed by atoms with Gasteiger partial charge in [0.2, 0.25) is 0 Å². The van der Waals surface area contributed by atoms with Gasteiger partial charge >= 0.3 is 0 Å². The zero-order valence-electron chi connectivity index (χ0n) is 11.7. The van der Waals surface area contributed by atoms with Crippen molar-refractivity contribution in [1.82, 2.24) is 4.98 Å². The third-order valence-electron chi connectivity index (χ3n) is 3.71. The maximum absolute atomic E-state index is 4.89. The molecular formula is C16H18BrNS2. The molecule has 1 atom stereocenters. The van der Waals surface area contributed by atoms with E-state index < -0.39 is 0 Å². The van der Waals surface area contributed by atoms with Crippen LogP contribution in [-0.4, -0.2) is 15.5 Å². The number of thioether (sulfide) groups is 1. The van der Waals surface area contributed by atoms with Crippen LogP contribution in [0, 0.1) is 0 Å². The topological polar surface area (TPSA) is 12.9 Å². The molecule has 0 N–H and O–H groups in total. The predicted octanol–water partition coefficient (Wildman–Crippen LogP) is 5.96. The minimum Gasteiger partial charge on any atom is -0.241 e. The van der Waals surface area contributed by atoms with Crippen LogP contribution in [0.15, 0.2) is 34.1 Å². The molecule has 0 unspecified atom stereocenters. The highest BCUT2D eigenvalue weighted by Crippen LogP contribution is 2.44. The fraction of sp³-hybridized carbons (Fsp3) is 0.438. The summed E-state index contributed by atoms with van der Waals surface area (Å²) in [4.78, 5) is 4.89. The van der Waals surface area contributed by atoms with Gasteiger partial charge < -0.3 is 0 Å². The Bertz CT molecular complexity index is 589. The van der Waals surface area contributed by atoms with Crippen LogP contribution in [0.1, 0.15) is 37.6 Å². The molecule has 0 radical (unpaired) electrons. The van der Waals surface area contributed by atoms with E-state index in [9.17, 15) is 0 Å². The average molecular weight is 368 g/mol. The molecule has 1 aromatic heterocycles. The summed E-state index contributed by atoms with van der Waals surface area (Å²) in [7, 11) is 0. The molecule has 0 spiro atoms. The zero-order valence-corrected chi connectivity index (χ0v) is 14.9. The first-order valence-electron chi connectivity index (χ1n) is 6.89. The molecule has 1 aliphatic heterocycles. The second-order valence-electron chi connectivity index (χ2n) is 5.88. The number of halogens is 1. The molecule has 0 bridgehead atoms. The van der Waals surface area contributed by atoms with Crippen LogP contribution in [0.25, 0.3) is 11.3 Å². The molecule has 2 heterocycles. The van der Waals surface area contributed by atoms with E-state index in [1.165, 1.54) is 29.2 Å². The maximum Gasteiger partial charge on any atom is 0.0964 e. The normalized spacial score (nSPS) is 21.9. The first-order chi connectivity index (χ1) is 9.53. The van der Waals surface area contributed by atoms with Gasteiger partial charge in [-0.25, -0.2) is 4.98 Å². The number of nitrogens with zero attached hydrogens (tertiary/aromatic N) is 1. The van der Waals surface area contributed by atoms with Crippen molar-refractivity contribution >= 4 is 39.0 Å². The van der Waals surface area contributed by atoms with Crippen molar-refractivity contribution in [1.29, 1.82) is 0 Å². The Labute approximate surface area is 137 Å². The predicted molar refractivity (Wildman–Crippen MR) is 93.8 cm³/mol. The van der Waals surface area contributed by atoms with Gasteiger partial charge in [0.25, 0.3) is 0 Å². The maximum atomic E-state index is 4.89. The van der Waals surface area contributed by atoms with E-state index >= 15 is 0 Å². The van der Waals surface area contributed by atoms with Crippen LogP contribution < -0.4 is 0 Å². The molecule has 1 saturated heterocycles. The summed E-state index contributed by atoms with van der Waals surface area (Å²) < 4.78 is 1.51. The van der Waals surface area contributed by atoms with Gasteiger partial charge in [-0.05, 0) is 30.7 Å². The summed E-state index contributed by atoms with van der Waals surface area (Å²) in [5.41, 5.74) is 2.33. The lowest BCUT2D eigenvalue weighted by Gasteiger charge is -2.33. The Balaban J connectivity index is 1.81. The third kappa shape index (κ3) is 3.29. The molecule has 1 aliphatic rings. The fourth-order valence-corrected chi connectivity index (χ4v) is 5.18. The SMILES string of the molecule is CC1(C)C[C@H](c2nc(-c3ccc(Br)cc3)cs2)CCS1. The number of hydrogen-bond acceptors (Lipinski definition) is 3. The van der Waals surface area contributed by atoms with E-state index in [1.54, 1.807) is 0 Å². The van der Waals surface area contributed by atoms with Gasteiger partial charge in [-0.1, -0.05) is 41.9 Å². The summed E-state index contributed by atoms with van der Waals surface area (Å²) >= 11 is 7.40. The lowest BCUT2D eigenvalue weighted by atomic mass is 9.94. The number of benzene rings is 1. The molecule has 2 aromatic rings. The van der Waals surface area contributed by atoms with Crippen LogP contribution in [0.4, 0.5) is 0 Å². The monoisotopic (exact) mass is 367 g/mol. The first kappa shape index (κ1) is 14.6. The first-order valence-corrected chi connectivity index (χ1v) is 9.55. The molecule has 0 aliphatic carbocycles. The number of rotatable bonds is 2. The Morgan fingerprint density at radius 2 is 2.00 bits per heavy atom. The van der Waals surface area contributed by atoms with Crippen molar-refractivity contribution in [3.05, 3.63) is 39.1 Å². The third-order valence-corrected chi connectivity index (χ3v) is 6.63.